The molecule has 0 atom stereocenters. The van der Waals surface area contributed by atoms with Crippen LogP contribution in [0.25, 0.3) is 17.0 Å². The first kappa shape index (κ1) is 14.0. The number of anilines is 1. The van der Waals surface area contributed by atoms with E-state index in [1.54, 1.807) is 30.5 Å². The molecule has 0 bridgehead atoms. The number of amides is 1. The van der Waals surface area contributed by atoms with Crippen LogP contribution in [0.4, 0.5) is 10.7 Å². The second-order valence-electron chi connectivity index (χ2n) is 4.43. The number of hydrogen-bond acceptors (Lipinski definition) is 5. The van der Waals surface area contributed by atoms with Crippen molar-refractivity contribution >= 4 is 44.9 Å². The van der Waals surface area contributed by atoms with Gasteiger partial charge >= 0.3 is 5.00 Å². The molecule has 0 aliphatic carbocycles. The standard InChI is InChI=1S/C14H10N4O3S/c19-13(5-3-11-4-6-14(22-11)18(20)21)16-10-2-1-9-8-15-17-12(9)7-10/h1-8H,(H,15,17)(H,16,19)/b5-3+. The minimum atomic E-state index is -0.457. The number of fused-ring (bicyclic) bond motifs is 1. The van der Waals surface area contributed by atoms with Gasteiger partial charge in [0.2, 0.25) is 5.91 Å². The van der Waals surface area contributed by atoms with Crippen molar-refractivity contribution in [2.75, 3.05) is 5.32 Å². The minimum absolute atomic E-state index is 0.0461. The van der Waals surface area contributed by atoms with Gasteiger partial charge in [-0.15, -0.1) is 0 Å². The number of carbonyl (C=O) groups excluding carboxylic acids is 1. The molecule has 22 heavy (non-hydrogen) atoms. The average molecular weight is 314 g/mol. The van der Waals surface area contributed by atoms with E-state index >= 15 is 0 Å². The van der Waals surface area contributed by atoms with Crippen LogP contribution in [0.5, 0.6) is 0 Å². The van der Waals surface area contributed by atoms with Crippen molar-refractivity contribution in [3.05, 3.63) is 57.6 Å². The van der Waals surface area contributed by atoms with Crippen LogP contribution in [0.15, 0.2) is 42.6 Å². The lowest BCUT2D eigenvalue weighted by Gasteiger charge is -2.01. The van der Waals surface area contributed by atoms with Crippen LogP contribution in [0.3, 0.4) is 0 Å². The highest BCUT2D eigenvalue weighted by Crippen LogP contribution is 2.24. The summed E-state index contributed by atoms with van der Waals surface area (Å²) < 4.78 is 0. The van der Waals surface area contributed by atoms with Gasteiger partial charge < -0.3 is 5.32 Å². The Morgan fingerprint density at radius 2 is 2.23 bits per heavy atom. The Labute approximate surface area is 128 Å². The third-order valence-corrected chi connectivity index (χ3v) is 3.90. The zero-order valence-electron chi connectivity index (χ0n) is 11.1. The van der Waals surface area contributed by atoms with Gasteiger partial charge in [0.05, 0.1) is 16.6 Å². The predicted octanol–water partition coefficient (Wildman–Crippen LogP) is 3.18. The third-order valence-electron chi connectivity index (χ3n) is 2.90. The minimum Gasteiger partial charge on any atom is -0.322 e. The molecule has 2 heterocycles. The van der Waals surface area contributed by atoms with Crippen LogP contribution in [-0.4, -0.2) is 21.0 Å². The number of nitrogens with one attached hydrogen (secondary N) is 2. The van der Waals surface area contributed by atoms with E-state index in [0.29, 0.717) is 10.6 Å². The fourth-order valence-corrected chi connectivity index (χ4v) is 2.61. The summed E-state index contributed by atoms with van der Waals surface area (Å²) in [6.07, 6.45) is 4.58. The maximum atomic E-state index is 11.8. The van der Waals surface area contributed by atoms with Gasteiger partial charge in [-0.05, 0) is 30.3 Å². The highest BCUT2D eigenvalue weighted by molar-refractivity contribution is 7.16. The SMILES string of the molecule is O=C(/C=C/c1ccc([N+](=O)[O-])s1)Nc1ccc2cn[nH]c2c1. The van der Waals surface area contributed by atoms with Crippen molar-refractivity contribution in [3.63, 3.8) is 0 Å². The highest BCUT2D eigenvalue weighted by Gasteiger charge is 2.08. The summed E-state index contributed by atoms with van der Waals surface area (Å²) >= 11 is 1.01. The fourth-order valence-electron chi connectivity index (χ4n) is 1.89. The zero-order chi connectivity index (χ0) is 15.5. The van der Waals surface area contributed by atoms with Crippen molar-refractivity contribution in [2.45, 2.75) is 0 Å². The van der Waals surface area contributed by atoms with E-state index < -0.39 is 4.92 Å². The van der Waals surface area contributed by atoms with E-state index in [4.69, 9.17) is 0 Å². The number of nitro groups is 1. The Balaban J connectivity index is 1.68. The molecule has 2 N–H and O–H groups in total. The topological polar surface area (TPSA) is 101 Å². The van der Waals surface area contributed by atoms with Gasteiger partial charge in [-0.25, -0.2) is 0 Å². The van der Waals surface area contributed by atoms with Crippen molar-refractivity contribution in [1.29, 1.82) is 0 Å². The second-order valence-corrected chi connectivity index (χ2v) is 5.52. The van der Waals surface area contributed by atoms with Crippen molar-refractivity contribution < 1.29 is 9.72 Å². The molecule has 0 saturated heterocycles. The van der Waals surface area contributed by atoms with Gasteiger partial charge in [-0.1, -0.05) is 11.3 Å². The lowest BCUT2D eigenvalue weighted by Crippen LogP contribution is -2.07. The lowest BCUT2D eigenvalue weighted by molar-refractivity contribution is -0.380. The number of carbonyl (C=O) groups is 1. The molecule has 8 heteroatoms. The molecular formula is C14H10N4O3S. The number of aromatic amines is 1. The van der Waals surface area contributed by atoms with E-state index in [0.717, 1.165) is 22.2 Å². The first-order valence-electron chi connectivity index (χ1n) is 6.28. The van der Waals surface area contributed by atoms with Crippen molar-refractivity contribution in [2.24, 2.45) is 0 Å². The van der Waals surface area contributed by atoms with E-state index in [-0.39, 0.29) is 10.9 Å². The molecule has 0 fully saturated rings. The van der Waals surface area contributed by atoms with Gasteiger partial charge in [0.1, 0.15) is 0 Å². The molecule has 2 aromatic heterocycles. The maximum Gasteiger partial charge on any atom is 0.324 e. The molecule has 0 aliphatic rings. The summed E-state index contributed by atoms with van der Waals surface area (Å²) in [5.74, 6) is -0.310. The maximum absolute atomic E-state index is 11.8. The molecule has 0 spiro atoms. The quantitative estimate of drug-likeness (QED) is 0.438. The number of thiophene rings is 1. The summed E-state index contributed by atoms with van der Waals surface area (Å²) in [4.78, 5) is 22.6. The largest absolute Gasteiger partial charge is 0.324 e. The Kier molecular flexibility index (Phi) is 3.67. The zero-order valence-corrected chi connectivity index (χ0v) is 12.0. The van der Waals surface area contributed by atoms with E-state index in [2.05, 4.69) is 15.5 Å². The van der Waals surface area contributed by atoms with Crippen LogP contribution in [0.1, 0.15) is 4.88 Å². The summed E-state index contributed by atoms with van der Waals surface area (Å²) in [5, 5.41) is 21.0. The molecule has 110 valence electrons. The molecule has 0 saturated carbocycles. The number of H-pyrrole nitrogens is 1. The number of nitrogens with zero attached hydrogens (tertiary/aromatic N) is 2. The smallest absolute Gasteiger partial charge is 0.322 e. The number of hydrogen-bond donors (Lipinski definition) is 2. The predicted molar refractivity (Wildman–Crippen MR) is 84.7 cm³/mol. The molecule has 7 nitrogen and oxygen atoms in total. The van der Waals surface area contributed by atoms with Gasteiger partial charge in [-0.2, -0.15) is 5.10 Å². The first-order valence-corrected chi connectivity index (χ1v) is 7.10. The van der Waals surface area contributed by atoms with Crippen LogP contribution in [0.2, 0.25) is 0 Å². The monoisotopic (exact) mass is 314 g/mol. The van der Waals surface area contributed by atoms with Gasteiger partial charge in [0.25, 0.3) is 0 Å². The molecule has 1 amide bonds. The molecule has 1 aromatic carbocycles. The van der Waals surface area contributed by atoms with Gasteiger partial charge in [0, 0.05) is 28.1 Å². The molecular weight excluding hydrogens is 304 g/mol. The lowest BCUT2D eigenvalue weighted by atomic mass is 10.2. The second kappa shape index (κ2) is 5.78. The highest BCUT2D eigenvalue weighted by atomic mass is 32.1. The summed E-state index contributed by atoms with van der Waals surface area (Å²) in [6, 6.07) is 8.42. The van der Waals surface area contributed by atoms with Crippen LogP contribution >= 0.6 is 11.3 Å². The molecule has 3 aromatic rings. The van der Waals surface area contributed by atoms with Crippen LogP contribution in [-0.2, 0) is 4.79 Å². The van der Waals surface area contributed by atoms with Gasteiger partial charge in [-0.3, -0.25) is 20.0 Å². The molecule has 0 aliphatic heterocycles. The molecule has 0 unspecified atom stereocenters. The molecule has 0 radical (unpaired) electrons. The summed E-state index contributed by atoms with van der Waals surface area (Å²) in [7, 11) is 0. The fraction of sp³-hybridized carbons (Fsp3) is 0. The first-order chi connectivity index (χ1) is 10.6. The van der Waals surface area contributed by atoms with Crippen LogP contribution in [0, 0.1) is 10.1 Å². The number of benzene rings is 1. The van der Waals surface area contributed by atoms with Crippen molar-refractivity contribution in [1.82, 2.24) is 10.2 Å². The van der Waals surface area contributed by atoms with Crippen molar-refractivity contribution in [3.8, 4) is 0 Å². The Morgan fingerprint density at radius 1 is 1.36 bits per heavy atom. The third kappa shape index (κ3) is 3.01. The summed E-state index contributed by atoms with van der Waals surface area (Å²) in [6.45, 7) is 0. The normalized spacial score (nSPS) is 11.1. The van der Waals surface area contributed by atoms with E-state index in [1.807, 2.05) is 6.07 Å². The average Bonchev–Trinajstić information content (AvgIpc) is 3.13. The summed E-state index contributed by atoms with van der Waals surface area (Å²) in [5.41, 5.74) is 1.47. The Morgan fingerprint density at radius 3 is 3.00 bits per heavy atom. The number of rotatable bonds is 4. The number of aromatic nitrogens is 2. The Hall–Kier alpha value is -3.00. The van der Waals surface area contributed by atoms with Gasteiger partial charge in [0.15, 0.2) is 0 Å². The molecule has 3 rings (SSSR count). The van der Waals surface area contributed by atoms with E-state index in [9.17, 15) is 14.9 Å². The van der Waals surface area contributed by atoms with Crippen LogP contribution < -0.4 is 5.32 Å². The Bertz CT molecular complexity index is 881. The van der Waals surface area contributed by atoms with E-state index in [1.165, 1.54) is 12.1 Å².